The third-order valence-electron chi connectivity index (χ3n) is 0.620. The largest absolute Gasteiger partial charge is 0.247 e. The number of alkyl halides is 1. The van der Waals surface area contributed by atoms with Gasteiger partial charge in [-0.05, 0) is 0 Å². The molecule has 0 aliphatic carbocycles. The molecule has 0 unspecified atom stereocenters. The maximum Gasteiger partial charge on any atom is 0.132 e. The molecule has 1 aromatic heterocycles. The van der Waals surface area contributed by atoms with Crippen molar-refractivity contribution in [3.63, 3.8) is 0 Å². The van der Waals surface area contributed by atoms with E-state index in [9.17, 15) is 4.39 Å². The number of aromatic nitrogens is 1. The molecule has 0 aliphatic heterocycles. The van der Waals surface area contributed by atoms with Gasteiger partial charge in [-0.25, -0.2) is 9.37 Å². The van der Waals surface area contributed by atoms with Crippen molar-refractivity contribution in [2.45, 2.75) is 6.67 Å². The van der Waals surface area contributed by atoms with Gasteiger partial charge in [0.05, 0.1) is 11.2 Å². The van der Waals surface area contributed by atoms with Gasteiger partial charge in [-0.1, -0.05) is 0 Å². The standard InChI is InChI=1S/C4H4FNS/c5-1-4-2-7-3-6-4/h2-3H,1H2. The third kappa shape index (κ3) is 0.962. The van der Waals surface area contributed by atoms with Crippen molar-refractivity contribution < 1.29 is 4.39 Å². The van der Waals surface area contributed by atoms with Gasteiger partial charge in [0.2, 0.25) is 0 Å². The number of nitrogens with zero attached hydrogens (tertiary/aromatic N) is 1. The van der Waals surface area contributed by atoms with E-state index in [1.807, 2.05) is 0 Å². The predicted molar refractivity (Wildman–Crippen MR) is 26.9 cm³/mol. The number of rotatable bonds is 1. The molecule has 1 rings (SSSR count). The Hall–Kier alpha value is -0.440. The zero-order valence-corrected chi connectivity index (χ0v) is 4.41. The summed E-state index contributed by atoms with van der Waals surface area (Å²) in [6.45, 7) is -0.441. The van der Waals surface area contributed by atoms with Crippen LogP contribution < -0.4 is 0 Å². The second-order valence-electron chi connectivity index (χ2n) is 1.11. The van der Waals surface area contributed by atoms with Gasteiger partial charge in [0, 0.05) is 5.38 Å². The lowest BCUT2D eigenvalue weighted by Crippen LogP contribution is -1.71. The first-order valence-electron chi connectivity index (χ1n) is 1.86. The van der Waals surface area contributed by atoms with E-state index in [1.54, 1.807) is 10.9 Å². The van der Waals surface area contributed by atoms with E-state index in [0.717, 1.165) is 0 Å². The lowest BCUT2D eigenvalue weighted by molar-refractivity contribution is 0.478. The molecule has 3 heteroatoms. The molecule has 0 aliphatic rings. The average molecular weight is 117 g/mol. The molecule has 7 heavy (non-hydrogen) atoms. The molecule has 0 radical (unpaired) electrons. The van der Waals surface area contributed by atoms with Crippen molar-refractivity contribution in [3.05, 3.63) is 16.6 Å². The molecule has 38 valence electrons. The number of thiazole rings is 1. The maximum absolute atomic E-state index is 11.5. The highest BCUT2D eigenvalue weighted by Gasteiger charge is 1.87. The summed E-state index contributed by atoms with van der Waals surface area (Å²) >= 11 is 1.41. The van der Waals surface area contributed by atoms with Crippen LogP contribution in [0.5, 0.6) is 0 Å². The number of halogens is 1. The van der Waals surface area contributed by atoms with Crippen LogP contribution in [0.3, 0.4) is 0 Å². The Balaban J connectivity index is 2.76. The molecule has 0 bridgehead atoms. The second kappa shape index (κ2) is 2.02. The Bertz CT molecular complexity index is 126. The molecule has 0 saturated heterocycles. The average Bonchev–Trinajstić information content (AvgIpc) is 2.14. The van der Waals surface area contributed by atoms with Crippen LogP contribution >= 0.6 is 11.3 Å². The predicted octanol–water partition coefficient (Wildman–Crippen LogP) is 1.61. The molecule has 0 fully saturated rings. The van der Waals surface area contributed by atoms with Gasteiger partial charge in [-0.3, -0.25) is 0 Å². The summed E-state index contributed by atoms with van der Waals surface area (Å²) in [5.41, 5.74) is 2.15. The minimum atomic E-state index is -0.441. The van der Waals surface area contributed by atoms with Crippen LogP contribution in [0, 0.1) is 0 Å². The van der Waals surface area contributed by atoms with Gasteiger partial charge in [0.15, 0.2) is 0 Å². The molecule has 0 N–H and O–H groups in total. The van der Waals surface area contributed by atoms with E-state index in [2.05, 4.69) is 4.98 Å². The Morgan fingerprint density at radius 3 is 3.00 bits per heavy atom. The van der Waals surface area contributed by atoms with Crippen molar-refractivity contribution in [1.82, 2.24) is 4.98 Å². The van der Waals surface area contributed by atoms with Crippen molar-refractivity contribution in [2.24, 2.45) is 0 Å². The van der Waals surface area contributed by atoms with Crippen LogP contribution in [0.1, 0.15) is 5.69 Å². The van der Waals surface area contributed by atoms with Gasteiger partial charge in [0.25, 0.3) is 0 Å². The van der Waals surface area contributed by atoms with Crippen LogP contribution in [-0.2, 0) is 6.67 Å². The summed E-state index contributed by atoms with van der Waals surface area (Å²) in [4.78, 5) is 3.68. The zero-order valence-electron chi connectivity index (χ0n) is 3.60. The Morgan fingerprint density at radius 1 is 1.86 bits per heavy atom. The monoisotopic (exact) mass is 117 g/mol. The van der Waals surface area contributed by atoms with Gasteiger partial charge in [-0.15, -0.1) is 11.3 Å². The molecule has 1 nitrogen and oxygen atoms in total. The van der Waals surface area contributed by atoms with Gasteiger partial charge >= 0.3 is 0 Å². The number of hydrogen-bond donors (Lipinski definition) is 0. The highest BCUT2D eigenvalue weighted by atomic mass is 32.1. The third-order valence-corrected chi connectivity index (χ3v) is 1.26. The Labute approximate surface area is 44.8 Å². The lowest BCUT2D eigenvalue weighted by atomic mass is 10.6. The summed E-state index contributed by atoms with van der Waals surface area (Å²) < 4.78 is 11.5. The van der Waals surface area contributed by atoms with Crippen molar-refractivity contribution in [2.75, 3.05) is 0 Å². The zero-order chi connectivity index (χ0) is 5.11. The molecule has 0 amide bonds. The topological polar surface area (TPSA) is 12.9 Å². The van der Waals surface area contributed by atoms with E-state index >= 15 is 0 Å². The molecular formula is C4H4FNS. The molecule has 0 aromatic carbocycles. The fourth-order valence-electron chi connectivity index (χ4n) is 0.304. The van der Waals surface area contributed by atoms with Crippen LogP contribution in [-0.4, -0.2) is 4.98 Å². The first-order chi connectivity index (χ1) is 3.43. The Kier molecular flexibility index (Phi) is 1.36. The summed E-state index contributed by atoms with van der Waals surface area (Å²) in [6, 6.07) is 0. The van der Waals surface area contributed by atoms with Crippen LogP contribution in [0.25, 0.3) is 0 Å². The highest BCUT2D eigenvalue weighted by molar-refractivity contribution is 7.07. The van der Waals surface area contributed by atoms with E-state index < -0.39 is 6.67 Å². The van der Waals surface area contributed by atoms with Crippen LogP contribution in [0.15, 0.2) is 10.9 Å². The fraction of sp³-hybridized carbons (Fsp3) is 0.250. The second-order valence-corrected chi connectivity index (χ2v) is 1.83. The normalized spacial score (nSPS) is 9.29. The van der Waals surface area contributed by atoms with E-state index in [1.165, 1.54) is 11.3 Å². The summed E-state index contributed by atoms with van der Waals surface area (Å²) in [7, 11) is 0. The fourth-order valence-corrected chi connectivity index (χ4v) is 0.842. The smallest absolute Gasteiger partial charge is 0.132 e. The Morgan fingerprint density at radius 2 is 2.71 bits per heavy atom. The van der Waals surface area contributed by atoms with Gasteiger partial charge < -0.3 is 0 Å². The summed E-state index contributed by atoms with van der Waals surface area (Å²) in [6.07, 6.45) is 0. The van der Waals surface area contributed by atoms with Crippen molar-refractivity contribution in [1.29, 1.82) is 0 Å². The van der Waals surface area contributed by atoms with Crippen molar-refractivity contribution >= 4 is 11.3 Å². The molecule has 0 spiro atoms. The van der Waals surface area contributed by atoms with Gasteiger partial charge in [-0.2, -0.15) is 0 Å². The molecule has 0 atom stereocenters. The SMILES string of the molecule is FCc1cscn1. The van der Waals surface area contributed by atoms with Crippen LogP contribution in [0.4, 0.5) is 4.39 Å². The van der Waals surface area contributed by atoms with Crippen LogP contribution in [0.2, 0.25) is 0 Å². The van der Waals surface area contributed by atoms with E-state index in [0.29, 0.717) is 5.69 Å². The number of hydrogen-bond acceptors (Lipinski definition) is 2. The maximum atomic E-state index is 11.5. The summed E-state index contributed by atoms with van der Waals surface area (Å²) in [5, 5.41) is 1.69. The first-order valence-corrected chi connectivity index (χ1v) is 2.81. The minimum absolute atomic E-state index is 0.441. The lowest BCUT2D eigenvalue weighted by Gasteiger charge is -1.74. The van der Waals surface area contributed by atoms with E-state index in [4.69, 9.17) is 0 Å². The minimum Gasteiger partial charge on any atom is -0.247 e. The molecular weight excluding hydrogens is 113 g/mol. The summed E-state index contributed by atoms with van der Waals surface area (Å²) in [5.74, 6) is 0. The first kappa shape index (κ1) is 4.71. The van der Waals surface area contributed by atoms with Gasteiger partial charge in [0.1, 0.15) is 6.67 Å². The highest BCUT2D eigenvalue weighted by Crippen LogP contribution is 2.00. The molecule has 0 saturated carbocycles. The molecule has 1 heterocycles. The van der Waals surface area contributed by atoms with Crippen molar-refractivity contribution in [3.8, 4) is 0 Å². The van der Waals surface area contributed by atoms with E-state index in [-0.39, 0.29) is 0 Å². The quantitative estimate of drug-likeness (QED) is 0.544. The molecule has 1 aromatic rings.